The topological polar surface area (TPSA) is 65.0 Å². The second-order valence-electron chi connectivity index (χ2n) is 3.81. The molecule has 1 rings (SSSR count). The fourth-order valence-electron chi connectivity index (χ4n) is 1.45. The van der Waals surface area contributed by atoms with Crippen LogP contribution in [-0.4, -0.2) is 18.4 Å². The standard InChI is InChI=1S/C13H14F3N3O/c1-2-18-12(17)19-11(20)8-7-9-5-3-4-6-10(9)13(14,15)16/h3-8H,2H2,1H3,(H3,17,18,19,20)/b8-7+. The Morgan fingerprint density at radius 2 is 2.00 bits per heavy atom. The van der Waals surface area contributed by atoms with Crippen molar-refractivity contribution in [2.24, 2.45) is 0 Å². The molecule has 0 aliphatic carbocycles. The minimum atomic E-state index is -4.48. The van der Waals surface area contributed by atoms with Gasteiger partial charge < -0.3 is 5.32 Å². The first kappa shape index (κ1) is 15.7. The van der Waals surface area contributed by atoms with Crippen molar-refractivity contribution in [1.29, 1.82) is 5.41 Å². The highest BCUT2D eigenvalue weighted by Crippen LogP contribution is 2.32. The van der Waals surface area contributed by atoms with E-state index in [1.807, 2.05) is 0 Å². The molecule has 0 saturated carbocycles. The van der Waals surface area contributed by atoms with Gasteiger partial charge in [0.1, 0.15) is 0 Å². The van der Waals surface area contributed by atoms with Crippen molar-refractivity contribution in [3.63, 3.8) is 0 Å². The first-order valence-electron chi connectivity index (χ1n) is 5.82. The molecule has 108 valence electrons. The smallest absolute Gasteiger partial charge is 0.357 e. The molecule has 4 nitrogen and oxygen atoms in total. The minimum Gasteiger partial charge on any atom is -0.357 e. The lowest BCUT2D eigenvalue weighted by Crippen LogP contribution is -2.39. The number of carbonyl (C=O) groups is 1. The highest BCUT2D eigenvalue weighted by atomic mass is 19.4. The van der Waals surface area contributed by atoms with Gasteiger partial charge in [-0.1, -0.05) is 18.2 Å². The van der Waals surface area contributed by atoms with E-state index in [1.165, 1.54) is 18.2 Å². The first-order chi connectivity index (χ1) is 9.34. The number of hydrogen-bond donors (Lipinski definition) is 3. The molecule has 0 bridgehead atoms. The van der Waals surface area contributed by atoms with Gasteiger partial charge in [0.15, 0.2) is 5.96 Å². The molecule has 0 fully saturated rings. The van der Waals surface area contributed by atoms with Crippen LogP contribution >= 0.6 is 0 Å². The van der Waals surface area contributed by atoms with Gasteiger partial charge in [-0.05, 0) is 24.6 Å². The third kappa shape index (κ3) is 4.75. The van der Waals surface area contributed by atoms with Crippen molar-refractivity contribution >= 4 is 17.9 Å². The molecule has 1 aromatic rings. The van der Waals surface area contributed by atoms with Gasteiger partial charge in [-0.2, -0.15) is 13.2 Å². The summed E-state index contributed by atoms with van der Waals surface area (Å²) in [5, 5.41) is 12.0. The predicted molar refractivity (Wildman–Crippen MR) is 70.0 cm³/mol. The highest BCUT2D eigenvalue weighted by Gasteiger charge is 2.32. The molecular weight excluding hydrogens is 271 g/mol. The van der Waals surface area contributed by atoms with Gasteiger partial charge in [-0.15, -0.1) is 0 Å². The highest BCUT2D eigenvalue weighted by molar-refractivity contribution is 6.03. The summed E-state index contributed by atoms with van der Waals surface area (Å²) in [6.07, 6.45) is -2.46. The lowest BCUT2D eigenvalue weighted by atomic mass is 10.1. The number of hydrogen-bond acceptors (Lipinski definition) is 2. The fraction of sp³-hybridized carbons (Fsp3) is 0.231. The summed E-state index contributed by atoms with van der Waals surface area (Å²) < 4.78 is 38.1. The lowest BCUT2D eigenvalue weighted by Gasteiger charge is -2.09. The van der Waals surface area contributed by atoms with E-state index in [9.17, 15) is 18.0 Å². The van der Waals surface area contributed by atoms with E-state index in [0.29, 0.717) is 6.54 Å². The van der Waals surface area contributed by atoms with Gasteiger partial charge in [0, 0.05) is 12.6 Å². The average molecular weight is 285 g/mol. The molecule has 0 aromatic heterocycles. The normalized spacial score (nSPS) is 11.4. The molecule has 7 heteroatoms. The lowest BCUT2D eigenvalue weighted by molar-refractivity contribution is -0.137. The quantitative estimate of drug-likeness (QED) is 0.453. The molecule has 1 amide bonds. The van der Waals surface area contributed by atoms with E-state index in [1.54, 1.807) is 6.92 Å². The molecule has 1 aromatic carbocycles. The summed E-state index contributed by atoms with van der Waals surface area (Å²) in [6, 6.07) is 4.94. The molecule has 3 N–H and O–H groups in total. The molecular formula is C13H14F3N3O. The Morgan fingerprint density at radius 1 is 1.35 bits per heavy atom. The van der Waals surface area contributed by atoms with Crippen molar-refractivity contribution in [3.05, 3.63) is 41.5 Å². The summed E-state index contributed by atoms with van der Waals surface area (Å²) in [5.74, 6) is -0.876. The number of rotatable bonds is 3. The summed E-state index contributed by atoms with van der Waals surface area (Å²) in [5.41, 5.74) is -0.920. The van der Waals surface area contributed by atoms with E-state index in [4.69, 9.17) is 5.41 Å². The van der Waals surface area contributed by atoms with Crippen molar-refractivity contribution in [3.8, 4) is 0 Å². The predicted octanol–water partition coefficient (Wildman–Crippen LogP) is 2.38. The van der Waals surface area contributed by atoms with E-state index < -0.39 is 17.6 Å². The van der Waals surface area contributed by atoms with Crippen LogP contribution in [0.25, 0.3) is 6.08 Å². The largest absolute Gasteiger partial charge is 0.416 e. The zero-order valence-corrected chi connectivity index (χ0v) is 10.7. The second kappa shape index (κ2) is 6.74. The summed E-state index contributed by atoms with van der Waals surface area (Å²) in [4.78, 5) is 11.4. The van der Waals surface area contributed by atoms with Gasteiger partial charge in [0.05, 0.1) is 5.56 Å². The monoisotopic (exact) mass is 285 g/mol. The van der Waals surface area contributed by atoms with E-state index in [0.717, 1.165) is 18.2 Å². The third-order valence-electron chi connectivity index (χ3n) is 2.28. The first-order valence-corrected chi connectivity index (χ1v) is 5.82. The Hall–Kier alpha value is -2.31. The van der Waals surface area contributed by atoms with Crippen LogP contribution < -0.4 is 10.6 Å². The van der Waals surface area contributed by atoms with Crippen molar-refractivity contribution < 1.29 is 18.0 Å². The number of carbonyl (C=O) groups excluding carboxylic acids is 1. The number of alkyl halides is 3. The number of nitrogens with one attached hydrogen (secondary N) is 3. The van der Waals surface area contributed by atoms with Gasteiger partial charge in [-0.3, -0.25) is 15.5 Å². The van der Waals surface area contributed by atoms with E-state index >= 15 is 0 Å². The summed E-state index contributed by atoms with van der Waals surface area (Å²) in [6.45, 7) is 2.20. The zero-order valence-electron chi connectivity index (χ0n) is 10.7. The van der Waals surface area contributed by atoms with E-state index in [-0.39, 0.29) is 11.5 Å². The van der Waals surface area contributed by atoms with Crippen LogP contribution in [-0.2, 0) is 11.0 Å². The number of amides is 1. The molecule has 20 heavy (non-hydrogen) atoms. The van der Waals surface area contributed by atoms with Crippen molar-refractivity contribution in [2.75, 3.05) is 6.54 Å². The van der Waals surface area contributed by atoms with Gasteiger partial charge >= 0.3 is 6.18 Å². The van der Waals surface area contributed by atoms with Crippen molar-refractivity contribution in [1.82, 2.24) is 10.6 Å². The van der Waals surface area contributed by atoms with Crippen LogP contribution in [0.1, 0.15) is 18.1 Å². The van der Waals surface area contributed by atoms with E-state index in [2.05, 4.69) is 10.6 Å². The maximum Gasteiger partial charge on any atom is 0.416 e. The number of halogens is 3. The van der Waals surface area contributed by atoms with Gasteiger partial charge in [0.25, 0.3) is 5.91 Å². The number of benzene rings is 1. The van der Waals surface area contributed by atoms with Gasteiger partial charge in [0.2, 0.25) is 0 Å². The Labute approximate surface area is 114 Å². The maximum atomic E-state index is 12.7. The molecule has 0 atom stereocenters. The molecule has 0 heterocycles. The van der Waals surface area contributed by atoms with Crippen LogP contribution in [0.3, 0.4) is 0 Å². The SMILES string of the molecule is CCNC(=N)NC(=O)/C=C/c1ccccc1C(F)(F)F. The Bertz CT molecular complexity index is 524. The van der Waals surface area contributed by atoms with Crippen LogP contribution in [0.2, 0.25) is 0 Å². The second-order valence-corrected chi connectivity index (χ2v) is 3.81. The van der Waals surface area contributed by atoms with Crippen LogP contribution in [0.15, 0.2) is 30.3 Å². The Kier molecular flexibility index (Phi) is 5.31. The van der Waals surface area contributed by atoms with Crippen LogP contribution in [0.5, 0.6) is 0 Å². The molecule has 0 aliphatic heterocycles. The fourth-order valence-corrected chi connectivity index (χ4v) is 1.45. The van der Waals surface area contributed by atoms with Crippen molar-refractivity contribution in [2.45, 2.75) is 13.1 Å². The Balaban J connectivity index is 2.81. The Morgan fingerprint density at radius 3 is 2.60 bits per heavy atom. The molecule has 0 unspecified atom stereocenters. The van der Waals surface area contributed by atoms with Gasteiger partial charge in [-0.25, -0.2) is 0 Å². The number of guanidine groups is 1. The van der Waals surface area contributed by atoms with Crippen LogP contribution in [0, 0.1) is 5.41 Å². The molecule has 0 radical (unpaired) electrons. The molecule has 0 spiro atoms. The molecule has 0 aliphatic rings. The molecule has 0 saturated heterocycles. The minimum absolute atomic E-state index is 0.106. The van der Waals surface area contributed by atoms with Crippen LogP contribution in [0.4, 0.5) is 13.2 Å². The third-order valence-corrected chi connectivity index (χ3v) is 2.28. The zero-order chi connectivity index (χ0) is 15.2. The summed E-state index contributed by atoms with van der Waals surface area (Å²) in [7, 11) is 0. The average Bonchev–Trinajstić information content (AvgIpc) is 2.36. The summed E-state index contributed by atoms with van der Waals surface area (Å²) >= 11 is 0. The maximum absolute atomic E-state index is 12.7.